The van der Waals surface area contributed by atoms with Gasteiger partial charge in [0.05, 0.1) is 28.9 Å². The second-order valence-electron chi connectivity index (χ2n) is 6.18. The Labute approximate surface area is 154 Å². The molecule has 26 heavy (non-hydrogen) atoms. The van der Waals surface area contributed by atoms with E-state index in [4.69, 9.17) is 11.6 Å². The minimum absolute atomic E-state index is 0.194. The van der Waals surface area contributed by atoms with E-state index in [1.54, 1.807) is 11.6 Å². The van der Waals surface area contributed by atoms with Crippen molar-refractivity contribution in [3.63, 3.8) is 0 Å². The maximum atomic E-state index is 15.3. The zero-order valence-corrected chi connectivity index (χ0v) is 15.1. The number of nitrogens with zero attached hydrogens (tertiary/aromatic N) is 5. The van der Waals surface area contributed by atoms with Crippen LogP contribution in [0.1, 0.15) is 34.6 Å². The van der Waals surface area contributed by atoms with Crippen LogP contribution in [0.4, 0.5) is 10.1 Å². The summed E-state index contributed by atoms with van der Waals surface area (Å²) in [6.45, 7) is 0.713. The summed E-state index contributed by atoms with van der Waals surface area (Å²) in [4.78, 5) is 13.6. The molecule has 136 valence electrons. The Bertz CT molecular complexity index is 884. The van der Waals surface area contributed by atoms with E-state index in [9.17, 15) is 10.1 Å². The number of hydrogen-bond acceptors (Lipinski definition) is 6. The SMILES string of the molecule is COC(=O)c1cc(Cl)c(N2CCC(F)(c3nncn3C)CC2)c(C#N)c1. The number of nitriles is 1. The van der Waals surface area contributed by atoms with Crippen LogP contribution in [0.3, 0.4) is 0 Å². The van der Waals surface area contributed by atoms with Crippen molar-refractivity contribution in [2.75, 3.05) is 25.1 Å². The van der Waals surface area contributed by atoms with Gasteiger partial charge in [-0.05, 0) is 12.1 Å². The lowest BCUT2D eigenvalue weighted by atomic mass is 9.91. The quantitative estimate of drug-likeness (QED) is 0.764. The fourth-order valence-corrected chi connectivity index (χ4v) is 3.58. The van der Waals surface area contributed by atoms with Gasteiger partial charge in [0.25, 0.3) is 0 Å². The fraction of sp³-hybridized carbons (Fsp3) is 0.412. The van der Waals surface area contributed by atoms with Gasteiger partial charge in [0.2, 0.25) is 0 Å². The molecule has 1 saturated heterocycles. The molecule has 9 heteroatoms. The first-order chi connectivity index (χ1) is 12.4. The second-order valence-corrected chi connectivity index (χ2v) is 6.58. The summed E-state index contributed by atoms with van der Waals surface area (Å²) in [5, 5.41) is 17.4. The zero-order valence-electron chi connectivity index (χ0n) is 14.4. The molecular formula is C17H17ClFN5O2. The molecule has 1 aromatic carbocycles. The molecule has 1 aliphatic rings. The second kappa shape index (κ2) is 6.92. The highest BCUT2D eigenvalue weighted by Crippen LogP contribution is 2.40. The number of aromatic nitrogens is 3. The molecule has 1 aromatic heterocycles. The maximum Gasteiger partial charge on any atom is 0.337 e. The van der Waals surface area contributed by atoms with Crippen molar-refractivity contribution < 1.29 is 13.9 Å². The van der Waals surface area contributed by atoms with Gasteiger partial charge in [0.1, 0.15) is 12.4 Å². The Morgan fingerprint density at radius 1 is 1.42 bits per heavy atom. The normalized spacial score (nSPS) is 16.2. The monoisotopic (exact) mass is 377 g/mol. The van der Waals surface area contributed by atoms with Gasteiger partial charge >= 0.3 is 5.97 Å². The number of aryl methyl sites for hydroxylation is 1. The number of hydrogen-bond donors (Lipinski definition) is 0. The minimum Gasteiger partial charge on any atom is -0.465 e. The first-order valence-electron chi connectivity index (χ1n) is 8.00. The first kappa shape index (κ1) is 18.1. The summed E-state index contributed by atoms with van der Waals surface area (Å²) in [5.41, 5.74) is -0.619. The van der Waals surface area contributed by atoms with E-state index < -0.39 is 11.6 Å². The van der Waals surface area contributed by atoms with Crippen molar-refractivity contribution in [2.45, 2.75) is 18.5 Å². The third-order valence-corrected chi connectivity index (χ3v) is 4.88. The average molecular weight is 378 g/mol. The molecule has 1 fully saturated rings. The van der Waals surface area contributed by atoms with Crippen molar-refractivity contribution in [3.05, 3.63) is 40.4 Å². The van der Waals surface area contributed by atoms with Gasteiger partial charge in [0.15, 0.2) is 11.5 Å². The van der Waals surface area contributed by atoms with Crippen LogP contribution < -0.4 is 4.90 Å². The van der Waals surface area contributed by atoms with Crippen LogP contribution in [0.5, 0.6) is 0 Å². The summed E-state index contributed by atoms with van der Waals surface area (Å²) < 4.78 is 21.5. The number of halogens is 2. The van der Waals surface area contributed by atoms with E-state index in [2.05, 4.69) is 21.0 Å². The summed E-state index contributed by atoms with van der Waals surface area (Å²) in [5.74, 6) is -0.275. The molecule has 0 bridgehead atoms. The van der Waals surface area contributed by atoms with E-state index >= 15 is 4.39 Å². The molecule has 2 heterocycles. The number of carbonyl (C=O) groups is 1. The van der Waals surface area contributed by atoms with Gasteiger partial charge in [-0.2, -0.15) is 5.26 Å². The van der Waals surface area contributed by atoms with Gasteiger partial charge in [-0.25, -0.2) is 9.18 Å². The van der Waals surface area contributed by atoms with E-state index in [1.807, 2.05) is 4.90 Å². The summed E-state index contributed by atoms with van der Waals surface area (Å²) in [6, 6.07) is 4.96. The van der Waals surface area contributed by atoms with Crippen LogP contribution in [0, 0.1) is 11.3 Å². The third-order valence-electron chi connectivity index (χ3n) is 4.59. The summed E-state index contributed by atoms with van der Waals surface area (Å²) >= 11 is 6.32. The minimum atomic E-state index is -1.58. The molecule has 3 rings (SSSR count). The van der Waals surface area contributed by atoms with Gasteiger partial charge in [-0.15, -0.1) is 10.2 Å². The highest BCUT2D eigenvalue weighted by Gasteiger charge is 2.40. The molecule has 0 N–H and O–H groups in total. The Kier molecular flexibility index (Phi) is 4.83. The lowest BCUT2D eigenvalue weighted by molar-refractivity contribution is 0.0600. The largest absolute Gasteiger partial charge is 0.465 e. The molecule has 0 unspecified atom stereocenters. The van der Waals surface area contributed by atoms with Gasteiger partial charge in [-0.1, -0.05) is 11.6 Å². The summed E-state index contributed by atoms with van der Waals surface area (Å²) in [7, 11) is 2.97. The van der Waals surface area contributed by atoms with Crippen molar-refractivity contribution >= 4 is 23.3 Å². The first-order valence-corrected chi connectivity index (χ1v) is 8.37. The lowest BCUT2D eigenvalue weighted by Gasteiger charge is -2.37. The van der Waals surface area contributed by atoms with Crippen molar-refractivity contribution in [2.24, 2.45) is 7.05 Å². The molecule has 0 radical (unpaired) electrons. The highest BCUT2D eigenvalue weighted by atomic mass is 35.5. The average Bonchev–Trinajstić information content (AvgIpc) is 3.08. The number of anilines is 1. The lowest BCUT2D eigenvalue weighted by Crippen LogP contribution is -2.42. The summed E-state index contributed by atoms with van der Waals surface area (Å²) in [6.07, 6.45) is 1.86. The van der Waals surface area contributed by atoms with Gasteiger partial charge in [-0.3, -0.25) is 0 Å². The predicted molar refractivity (Wildman–Crippen MR) is 92.7 cm³/mol. The molecule has 0 amide bonds. The number of ether oxygens (including phenoxy) is 1. The number of methoxy groups -OCH3 is 1. The number of rotatable bonds is 3. The van der Waals surface area contributed by atoms with Crippen LogP contribution in [0.25, 0.3) is 0 Å². The van der Waals surface area contributed by atoms with Gasteiger partial charge in [0, 0.05) is 33.0 Å². The maximum absolute atomic E-state index is 15.3. The number of carbonyl (C=O) groups excluding carboxylic acids is 1. The van der Waals surface area contributed by atoms with Crippen LogP contribution in [0.15, 0.2) is 18.5 Å². The van der Waals surface area contributed by atoms with Crippen molar-refractivity contribution in [1.29, 1.82) is 5.26 Å². The molecule has 7 nitrogen and oxygen atoms in total. The zero-order chi connectivity index (χ0) is 18.9. The standard InChI is InChI=1S/C17H17ClFN5O2/c1-23-10-21-22-16(23)17(19)3-5-24(6-4-17)14-12(9-20)7-11(8-13(14)18)15(25)26-2/h7-8,10H,3-6H2,1-2H3. The molecule has 0 saturated carbocycles. The van der Waals surface area contributed by atoms with Crippen molar-refractivity contribution in [1.82, 2.24) is 14.8 Å². The number of piperidine rings is 1. The van der Waals surface area contributed by atoms with Gasteiger partial charge < -0.3 is 14.2 Å². The number of esters is 1. The van der Waals surface area contributed by atoms with E-state index in [-0.39, 0.29) is 29.0 Å². The Morgan fingerprint density at radius 3 is 2.65 bits per heavy atom. The fourth-order valence-electron chi connectivity index (χ4n) is 3.24. The van der Waals surface area contributed by atoms with Crippen LogP contribution >= 0.6 is 11.6 Å². The molecule has 2 aromatic rings. The van der Waals surface area contributed by atoms with Crippen molar-refractivity contribution in [3.8, 4) is 6.07 Å². The smallest absolute Gasteiger partial charge is 0.337 e. The molecule has 0 atom stereocenters. The van der Waals surface area contributed by atoms with E-state index in [0.29, 0.717) is 24.6 Å². The van der Waals surface area contributed by atoms with E-state index in [0.717, 1.165) is 0 Å². The Hall–Kier alpha value is -2.66. The number of benzene rings is 1. The number of alkyl halides is 1. The van der Waals surface area contributed by atoms with Crippen LogP contribution in [-0.2, 0) is 17.5 Å². The Balaban J connectivity index is 1.87. The highest BCUT2D eigenvalue weighted by molar-refractivity contribution is 6.34. The topological polar surface area (TPSA) is 84.0 Å². The van der Waals surface area contributed by atoms with Crippen LogP contribution in [0.2, 0.25) is 5.02 Å². The predicted octanol–water partition coefficient (Wildman–Crippen LogP) is 2.59. The molecule has 0 aliphatic carbocycles. The molecular weight excluding hydrogens is 361 g/mol. The third kappa shape index (κ3) is 3.10. The Morgan fingerprint density at radius 2 is 2.12 bits per heavy atom. The van der Waals surface area contributed by atoms with E-state index in [1.165, 1.54) is 25.6 Å². The molecule has 0 spiro atoms. The molecule has 1 aliphatic heterocycles. The van der Waals surface area contributed by atoms with Crippen LogP contribution in [-0.4, -0.2) is 40.9 Å².